The van der Waals surface area contributed by atoms with Gasteiger partial charge in [-0.3, -0.25) is 14.9 Å². The molecular formula is C28H25F6N7O2S. The number of amides is 2. The second-order valence-corrected chi connectivity index (χ2v) is 11.2. The average Bonchev–Trinajstić information content (AvgIpc) is 3.28. The van der Waals surface area contributed by atoms with Crippen LogP contribution in [0.4, 0.5) is 42.9 Å². The molecule has 4 N–H and O–H groups in total. The lowest BCUT2D eigenvalue weighted by Crippen LogP contribution is -2.38. The summed E-state index contributed by atoms with van der Waals surface area (Å²) in [5.74, 6) is 0.166. The number of imide groups is 1. The number of pyridine rings is 1. The Labute approximate surface area is 251 Å². The number of rotatable bonds is 7. The minimum atomic E-state index is -5.05. The van der Waals surface area contributed by atoms with Crippen molar-refractivity contribution in [2.45, 2.75) is 31.7 Å². The Balaban J connectivity index is 1.22. The highest BCUT2D eigenvalue weighted by Gasteiger charge is 2.39. The molecule has 3 aromatic rings. The molecule has 0 atom stereocenters. The van der Waals surface area contributed by atoms with Gasteiger partial charge in [0, 0.05) is 31.4 Å². The van der Waals surface area contributed by atoms with Gasteiger partial charge in [-0.2, -0.15) is 26.3 Å². The normalized spacial score (nSPS) is 17.4. The third-order valence-electron chi connectivity index (χ3n) is 7.14. The summed E-state index contributed by atoms with van der Waals surface area (Å²) >= 11 is 0.799. The van der Waals surface area contributed by atoms with Gasteiger partial charge < -0.3 is 16.0 Å². The monoisotopic (exact) mass is 637 g/mol. The van der Waals surface area contributed by atoms with Gasteiger partial charge in [0.25, 0.3) is 11.1 Å². The van der Waals surface area contributed by atoms with E-state index in [9.17, 15) is 35.9 Å². The summed E-state index contributed by atoms with van der Waals surface area (Å²) in [5, 5.41) is 4.99. The Morgan fingerprint density at radius 1 is 1.02 bits per heavy atom. The van der Waals surface area contributed by atoms with Crippen molar-refractivity contribution in [3.63, 3.8) is 0 Å². The van der Waals surface area contributed by atoms with Crippen LogP contribution < -0.4 is 21.3 Å². The van der Waals surface area contributed by atoms with Gasteiger partial charge in [0.2, 0.25) is 5.95 Å². The summed E-state index contributed by atoms with van der Waals surface area (Å²) in [6.45, 7) is 1.92. The van der Waals surface area contributed by atoms with E-state index in [0.29, 0.717) is 42.9 Å². The van der Waals surface area contributed by atoms with Gasteiger partial charge in [0.1, 0.15) is 5.82 Å². The van der Waals surface area contributed by atoms with Gasteiger partial charge in [0.15, 0.2) is 0 Å². The standard InChI is InChI=1S/C28H25F6N7O2S/c29-27(30,31)17-2-3-19(20(11-17)28(32,33)34)23-16(1-4-22(35)39-23)14-36-13-15-6-9-41(10-7-15)25-37-8-5-18(38-25)12-21-24(42)40-26(43)44-21/h1-5,8,11-12,15,36H,6-7,9-10,13-14H2,(H2,35,39)(H,40,42,43)/b21-12+. The van der Waals surface area contributed by atoms with Crippen LogP contribution in [0.15, 0.2) is 47.5 Å². The van der Waals surface area contributed by atoms with Crippen LogP contribution in [0.25, 0.3) is 17.3 Å². The first-order valence-corrected chi connectivity index (χ1v) is 14.2. The molecule has 2 aliphatic heterocycles. The molecule has 16 heteroatoms. The number of benzene rings is 1. The van der Waals surface area contributed by atoms with Crippen LogP contribution in [0.3, 0.4) is 0 Å². The summed E-state index contributed by atoms with van der Waals surface area (Å²) < 4.78 is 81.0. The van der Waals surface area contributed by atoms with Crippen molar-refractivity contribution in [3.05, 3.63) is 69.9 Å². The molecule has 0 radical (unpaired) electrons. The van der Waals surface area contributed by atoms with Crippen LogP contribution in [0.2, 0.25) is 0 Å². The molecule has 44 heavy (non-hydrogen) atoms. The van der Waals surface area contributed by atoms with E-state index in [-0.39, 0.29) is 34.9 Å². The Hall–Kier alpha value is -4.18. The molecule has 4 heterocycles. The fourth-order valence-corrected chi connectivity index (χ4v) is 5.61. The Kier molecular flexibility index (Phi) is 8.83. The zero-order valence-electron chi connectivity index (χ0n) is 22.8. The summed E-state index contributed by atoms with van der Waals surface area (Å²) in [7, 11) is 0. The number of aromatic nitrogens is 3. The molecule has 232 valence electrons. The van der Waals surface area contributed by atoms with E-state index in [2.05, 4.69) is 25.6 Å². The van der Waals surface area contributed by atoms with E-state index >= 15 is 0 Å². The van der Waals surface area contributed by atoms with Crippen molar-refractivity contribution in [2.24, 2.45) is 5.92 Å². The maximum atomic E-state index is 13.8. The number of carbonyl (C=O) groups is 2. The van der Waals surface area contributed by atoms with Crippen molar-refractivity contribution in [3.8, 4) is 11.3 Å². The van der Waals surface area contributed by atoms with E-state index in [1.54, 1.807) is 12.3 Å². The summed E-state index contributed by atoms with van der Waals surface area (Å²) in [5.41, 5.74) is 3.11. The van der Waals surface area contributed by atoms with Crippen LogP contribution in [-0.4, -0.2) is 45.7 Å². The lowest BCUT2D eigenvalue weighted by molar-refractivity contribution is -0.142. The molecule has 0 bridgehead atoms. The third kappa shape index (κ3) is 7.30. The number of anilines is 2. The van der Waals surface area contributed by atoms with E-state index in [1.807, 2.05) is 4.90 Å². The summed E-state index contributed by atoms with van der Waals surface area (Å²) in [6.07, 6.45) is -5.37. The van der Waals surface area contributed by atoms with E-state index in [1.165, 1.54) is 18.2 Å². The lowest BCUT2D eigenvalue weighted by Gasteiger charge is -2.32. The first-order chi connectivity index (χ1) is 20.8. The quantitative estimate of drug-likeness (QED) is 0.228. The molecule has 0 spiro atoms. The smallest absolute Gasteiger partial charge is 0.384 e. The molecule has 0 saturated carbocycles. The van der Waals surface area contributed by atoms with E-state index in [0.717, 1.165) is 30.7 Å². The van der Waals surface area contributed by atoms with Crippen LogP contribution in [-0.2, 0) is 23.7 Å². The first-order valence-electron chi connectivity index (χ1n) is 13.4. The fourth-order valence-electron chi connectivity index (χ4n) is 4.94. The number of nitrogen functional groups attached to an aromatic ring is 1. The maximum absolute atomic E-state index is 13.8. The van der Waals surface area contributed by atoms with Gasteiger partial charge in [-0.25, -0.2) is 15.0 Å². The molecule has 2 aromatic heterocycles. The zero-order valence-corrected chi connectivity index (χ0v) is 23.6. The van der Waals surface area contributed by atoms with Crippen LogP contribution in [0, 0.1) is 5.92 Å². The van der Waals surface area contributed by atoms with Crippen LogP contribution in [0.5, 0.6) is 0 Å². The van der Waals surface area contributed by atoms with Crippen molar-refractivity contribution >= 4 is 40.8 Å². The number of hydrogen-bond acceptors (Lipinski definition) is 9. The Morgan fingerprint density at radius 2 is 1.77 bits per heavy atom. The van der Waals surface area contributed by atoms with Crippen molar-refractivity contribution in [1.29, 1.82) is 0 Å². The van der Waals surface area contributed by atoms with Gasteiger partial charge >= 0.3 is 12.4 Å². The number of hydrogen-bond donors (Lipinski definition) is 3. The fraction of sp³-hybridized carbons (Fsp3) is 0.321. The molecule has 2 aliphatic rings. The second-order valence-electron chi connectivity index (χ2n) is 10.2. The van der Waals surface area contributed by atoms with Crippen molar-refractivity contribution in [1.82, 2.24) is 25.6 Å². The van der Waals surface area contributed by atoms with Gasteiger partial charge in [-0.1, -0.05) is 12.1 Å². The number of halogens is 6. The third-order valence-corrected chi connectivity index (χ3v) is 7.95. The number of nitrogens with two attached hydrogens (primary N) is 1. The van der Waals surface area contributed by atoms with E-state index < -0.39 is 40.2 Å². The van der Waals surface area contributed by atoms with E-state index in [4.69, 9.17) is 5.73 Å². The molecule has 2 amide bonds. The molecule has 5 rings (SSSR count). The first kappa shape index (κ1) is 31.3. The van der Waals surface area contributed by atoms with Crippen LogP contribution >= 0.6 is 11.8 Å². The number of nitrogens with zero attached hydrogens (tertiary/aromatic N) is 4. The van der Waals surface area contributed by atoms with Gasteiger partial charge in [-0.05, 0) is 73.0 Å². The molecule has 1 aromatic carbocycles. The minimum absolute atomic E-state index is 0.0645. The molecule has 2 saturated heterocycles. The van der Waals surface area contributed by atoms with Gasteiger partial charge in [0.05, 0.1) is 27.4 Å². The van der Waals surface area contributed by atoms with Crippen molar-refractivity contribution in [2.75, 3.05) is 30.3 Å². The highest BCUT2D eigenvalue weighted by molar-refractivity contribution is 8.18. The highest BCUT2D eigenvalue weighted by atomic mass is 32.2. The SMILES string of the molecule is Nc1ccc(CNCC2CCN(c3nccc(/C=C4/SC(=O)NC4=O)n3)CC2)c(-c2ccc(C(F)(F)F)cc2C(F)(F)F)n1. The number of piperidine rings is 1. The summed E-state index contributed by atoms with van der Waals surface area (Å²) in [4.78, 5) is 38.3. The van der Waals surface area contributed by atoms with Gasteiger partial charge in [-0.15, -0.1) is 0 Å². The Bertz CT molecular complexity index is 1600. The molecular weight excluding hydrogens is 612 g/mol. The highest BCUT2D eigenvalue weighted by Crippen LogP contribution is 2.41. The number of alkyl halides is 6. The lowest BCUT2D eigenvalue weighted by atomic mass is 9.96. The predicted molar refractivity (Wildman–Crippen MR) is 152 cm³/mol. The van der Waals surface area contributed by atoms with Crippen molar-refractivity contribution < 1.29 is 35.9 Å². The molecule has 9 nitrogen and oxygen atoms in total. The molecule has 2 fully saturated rings. The number of carbonyl (C=O) groups excluding carboxylic acids is 2. The average molecular weight is 638 g/mol. The number of nitrogens with one attached hydrogen (secondary N) is 2. The summed E-state index contributed by atoms with van der Waals surface area (Å²) in [6, 6.07) is 6.03. The maximum Gasteiger partial charge on any atom is 0.417 e. The topological polar surface area (TPSA) is 126 Å². The molecule has 0 aliphatic carbocycles. The van der Waals surface area contributed by atoms with Crippen LogP contribution in [0.1, 0.15) is 35.2 Å². The largest absolute Gasteiger partial charge is 0.417 e. The predicted octanol–water partition coefficient (Wildman–Crippen LogP) is 5.49. The molecule has 0 unspecified atom stereocenters. The number of thioether (sulfide) groups is 1. The second kappa shape index (κ2) is 12.4. The zero-order chi connectivity index (χ0) is 31.6. The minimum Gasteiger partial charge on any atom is -0.384 e. The Morgan fingerprint density at radius 3 is 2.43 bits per heavy atom.